The zero-order valence-corrected chi connectivity index (χ0v) is 9.83. The molecule has 2 rings (SSSR count). The van der Waals surface area contributed by atoms with Crippen LogP contribution in [0.5, 0.6) is 0 Å². The highest BCUT2D eigenvalue weighted by atomic mass is 14.7. The van der Waals surface area contributed by atoms with Gasteiger partial charge in [0.05, 0.1) is 11.4 Å². The van der Waals surface area contributed by atoms with E-state index in [9.17, 15) is 0 Å². The van der Waals surface area contributed by atoms with Crippen molar-refractivity contribution in [1.29, 1.82) is 0 Å². The number of hydrogen-bond acceptors (Lipinski definition) is 2. The Labute approximate surface area is 96.6 Å². The molecule has 0 saturated carbocycles. The van der Waals surface area contributed by atoms with Gasteiger partial charge < -0.3 is 11.5 Å². The maximum absolute atomic E-state index is 6.04. The zero-order valence-electron chi connectivity index (χ0n) is 9.83. The maximum atomic E-state index is 6.04. The van der Waals surface area contributed by atoms with Gasteiger partial charge in [0.25, 0.3) is 0 Å². The number of anilines is 2. The molecule has 0 bridgehead atoms. The van der Waals surface area contributed by atoms with E-state index >= 15 is 0 Å². The molecule has 84 valence electrons. The molecule has 2 heteroatoms. The normalized spacial score (nSPS) is 18.2. The molecular weight excluding hydrogens is 196 g/mol. The molecular formula is C14H18N2. The van der Waals surface area contributed by atoms with Gasteiger partial charge in [0.2, 0.25) is 0 Å². The van der Waals surface area contributed by atoms with Gasteiger partial charge in [0, 0.05) is 5.56 Å². The number of rotatable bonds is 1. The maximum Gasteiger partial charge on any atom is 0.0624 e. The summed E-state index contributed by atoms with van der Waals surface area (Å²) in [5, 5.41) is 0. The molecule has 0 aliphatic heterocycles. The van der Waals surface area contributed by atoms with E-state index in [1.54, 1.807) is 0 Å². The molecule has 0 unspecified atom stereocenters. The Morgan fingerprint density at radius 2 is 1.94 bits per heavy atom. The molecule has 0 fully saturated rings. The van der Waals surface area contributed by atoms with Crippen molar-refractivity contribution < 1.29 is 0 Å². The minimum Gasteiger partial charge on any atom is -0.397 e. The van der Waals surface area contributed by atoms with Crippen LogP contribution < -0.4 is 11.5 Å². The smallest absolute Gasteiger partial charge is 0.0624 e. The molecule has 1 aromatic rings. The summed E-state index contributed by atoms with van der Waals surface area (Å²) in [6, 6.07) is 5.83. The summed E-state index contributed by atoms with van der Waals surface area (Å²) in [5.74, 6) is 0. The topological polar surface area (TPSA) is 52.0 Å². The van der Waals surface area contributed by atoms with Crippen molar-refractivity contribution in [3.63, 3.8) is 0 Å². The van der Waals surface area contributed by atoms with E-state index in [2.05, 4.69) is 32.1 Å². The number of benzene rings is 1. The summed E-state index contributed by atoms with van der Waals surface area (Å²) in [7, 11) is 0. The Hall–Kier alpha value is -1.70. The summed E-state index contributed by atoms with van der Waals surface area (Å²) in [4.78, 5) is 0. The van der Waals surface area contributed by atoms with Crippen LogP contribution in [0.1, 0.15) is 25.8 Å². The Kier molecular flexibility index (Phi) is 2.50. The highest BCUT2D eigenvalue weighted by Crippen LogP contribution is 2.42. The van der Waals surface area contributed by atoms with Gasteiger partial charge in [-0.15, -0.1) is 0 Å². The second-order valence-electron chi connectivity index (χ2n) is 4.90. The van der Waals surface area contributed by atoms with Crippen LogP contribution in [-0.4, -0.2) is 0 Å². The van der Waals surface area contributed by atoms with Crippen molar-refractivity contribution in [2.75, 3.05) is 11.5 Å². The number of para-hydroxylation sites is 1. The lowest BCUT2D eigenvalue weighted by Crippen LogP contribution is -2.16. The van der Waals surface area contributed by atoms with Crippen LogP contribution in [0.2, 0.25) is 0 Å². The first-order chi connectivity index (χ1) is 7.52. The Morgan fingerprint density at radius 1 is 1.19 bits per heavy atom. The molecule has 0 atom stereocenters. The molecule has 0 aromatic heterocycles. The first-order valence-electron chi connectivity index (χ1n) is 5.54. The minimum atomic E-state index is 0.122. The van der Waals surface area contributed by atoms with Crippen LogP contribution in [-0.2, 0) is 0 Å². The third kappa shape index (κ3) is 1.71. The molecule has 2 nitrogen and oxygen atoms in total. The lowest BCUT2D eigenvalue weighted by Gasteiger charge is -2.30. The van der Waals surface area contributed by atoms with Gasteiger partial charge in [0.1, 0.15) is 0 Å². The molecule has 1 aliphatic carbocycles. The lowest BCUT2D eigenvalue weighted by atomic mass is 9.75. The van der Waals surface area contributed by atoms with Crippen molar-refractivity contribution >= 4 is 16.9 Å². The van der Waals surface area contributed by atoms with Crippen molar-refractivity contribution in [2.24, 2.45) is 5.41 Å². The molecule has 16 heavy (non-hydrogen) atoms. The predicted molar refractivity (Wildman–Crippen MR) is 70.8 cm³/mol. The van der Waals surface area contributed by atoms with Gasteiger partial charge in [0.15, 0.2) is 0 Å². The van der Waals surface area contributed by atoms with Crippen molar-refractivity contribution in [3.8, 4) is 0 Å². The Bertz CT molecular complexity index is 468. The fraction of sp³-hybridized carbons (Fsp3) is 0.286. The van der Waals surface area contributed by atoms with Crippen LogP contribution >= 0.6 is 0 Å². The van der Waals surface area contributed by atoms with Gasteiger partial charge in [-0.1, -0.05) is 44.2 Å². The molecule has 0 saturated heterocycles. The second kappa shape index (κ2) is 3.71. The van der Waals surface area contributed by atoms with E-state index < -0.39 is 0 Å². The molecule has 0 radical (unpaired) electrons. The third-order valence-corrected chi connectivity index (χ3v) is 3.19. The largest absolute Gasteiger partial charge is 0.397 e. The highest BCUT2D eigenvalue weighted by Gasteiger charge is 2.26. The van der Waals surface area contributed by atoms with E-state index in [0.29, 0.717) is 11.4 Å². The lowest BCUT2D eigenvalue weighted by molar-refractivity contribution is 0.506. The van der Waals surface area contributed by atoms with Crippen LogP contribution in [0.15, 0.2) is 36.4 Å². The first-order valence-corrected chi connectivity index (χ1v) is 5.54. The van der Waals surface area contributed by atoms with E-state index in [4.69, 9.17) is 11.5 Å². The quantitative estimate of drug-likeness (QED) is 0.705. The van der Waals surface area contributed by atoms with Gasteiger partial charge in [-0.2, -0.15) is 0 Å². The van der Waals surface area contributed by atoms with Gasteiger partial charge in [-0.05, 0) is 23.5 Å². The van der Waals surface area contributed by atoms with Crippen LogP contribution in [0.25, 0.3) is 5.57 Å². The van der Waals surface area contributed by atoms with E-state index in [-0.39, 0.29) is 5.41 Å². The molecule has 0 spiro atoms. The standard InChI is InChI=1S/C14H18N2/c1-14(2)9-4-3-7-11(14)10-6-5-8-12(15)13(10)16/h3-8H,9,15-16H2,1-2H3. The zero-order chi connectivity index (χ0) is 11.8. The summed E-state index contributed by atoms with van der Waals surface area (Å²) >= 11 is 0. The molecule has 0 amide bonds. The summed E-state index contributed by atoms with van der Waals surface area (Å²) in [5.41, 5.74) is 15.7. The highest BCUT2D eigenvalue weighted by molar-refractivity contribution is 5.85. The third-order valence-electron chi connectivity index (χ3n) is 3.19. The van der Waals surface area contributed by atoms with Gasteiger partial charge in [-0.25, -0.2) is 0 Å². The van der Waals surface area contributed by atoms with E-state index in [0.717, 1.165) is 12.0 Å². The van der Waals surface area contributed by atoms with E-state index in [1.807, 2.05) is 18.2 Å². The van der Waals surface area contributed by atoms with Crippen molar-refractivity contribution in [1.82, 2.24) is 0 Å². The predicted octanol–water partition coefficient (Wildman–Crippen LogP) is 3.22. The van der Waals surface area contributed by atoms with Gasteiger partial charge in [-0.3, -0.25) is 0 Å². The molecule has 4 N–H and O–H groups in total. The SMILES string of the molecule is CC1(C)CC=CC=C1c1cccc(N)c1N. The minimum absolute atomic E-state index is 0.122. The fourth-order valence-electron chi connectivity index (χ4n) is 2.13. The van der Waals surface area contributed by atoms with Crippen LogP contribution in [0, 0.1) is 5.41 Å². The summed E-state index contributed by atoms with van der Waals surface area (Å²) in [6.07, 6.45) is 7.44. The van der Waals surface area contributed by atoms with Crippen molar-refractivity contribution in [3.05, 3.63) is 42.0 Å². The number of nitrogen functional groups attached to an aromatic ring is 2. The van der Waals surface area contributed by atoms with Crippen LogP contribution in [0.4, 0.5) is 11.4 Å². The number of nitrogens with two attached hydrogens (primary N) is 2. The second-order valence-corrected chi connectivity index (χ2v) is 4.90. The van der Waals surface area contributed by atoms with Crippen LogP contribution in [0.3, 0.4) is 0 Å². The van der Waals surface area contributed by atoms with Crippen molar-refractivity contribution in [2.45, 2.75) is 20.3 Å². The monoisotopic (exact) mass is 214 g/mol. The average molecular weight is 214 g/mol. The molecule has 1 aliphatic rings. The Balaban J connectivity index is 2.56. The molecule has 1 aromatic carbocycles. The Morgan fingerprint density at radius 3 is 2.62 bits per heavy atom. The average Bonchev–Trinajstić information content (AvgIpc) is 2.22. The van der Waals surface area contributed by atoms with E-state index in [1.165, 1.54) is 5.57 Å². The number of hydrogen-bond donors (Lipinski definition) is 2. The fourth-order valence-corrected chi connectivity index (χ4v) is 2.13. The molecule has 0 heterocycles. The van der Waals surface area contributed by atoms with Gasteiger partial charge >= 0.3 is 0 Å². The summed E-state index contributed by atoms with van der Waals surface area (Å²) in [6.45, 7) is 4.45. The first kappa shape index (κ1) is 10.8. The summed E-state index contributed by atoms with van der Waals surface area (Å²) < 4.78 is 0. The number of allylic oxidation sites excluding steroid dienone is 4.